The van der Waals surface area contributed by atoms with E-state index in [0.29, 0.717) is 11.6 Å². The normalized spacial score (nSPS) is 23.4. The summed E-state index contributed by atoms with van der Waals surface area (Å²) in [6, 6.07) is 4.82. The molecule has 2 N–H and O–H groups in total. The molecule has 1 aromatic carbocycles. The second kappa shape index (κ2) is 5.22. The summed E-state index contributed by atoms with van der Waals surface area (Å²) in [7, 11) is 0. The predicted octanol–water partition coefficient (Wildman–Crippen LogP) is 3.38. The van der Waals surface area contributed by atoms with E-state index >= 15 is 0 Å². The number of halogens is 3. The lowest BCUT2D eigenvalue weighted by Gasteiger charge is -2.27. The Morgan fingerprint density at radius 3 is 2.57 bits per heavy atom. The van der Waals surface area contributed by atoms with Crippen molar-refractivity contribution in [2.45, 2.75) is 44.1 Å². The number of rotatable bonds is 2. The van der Waals surface area contributed by atoms with Gasteiger partial charge in [-0.15, -0.1) is 13.2 Å². The number of nitrogens with two attached hydrogens (primary N) is 1. The predicted molar refractivity (Wildman–Crippen MR) is 71.9 cm³/mol. The van der Waals surface area contributed by atoms with Crippen LogP contribution in [0.1, 0.15) is 31.7 Å². The number of imidazole rings is 1. The van der Waals surface area contributed by atoms with Crippen LogP contribution in [0.3, 0.4) is 0 Å². The maximum absolute atomic E-state index is 12.2. The summed E-state index contributed by atoms with van der Waals surface area (Å²) in [4.78, 5) is 4.19. The van der Waals surface area contributed by atoms with Crippen LogP contribution in [0, 0.1) is 0 Å². The van der Waals surface area contributed by atoms with Crippen molar-refractivity contribution in [3.05, 3.63) is 24.5 Å². The van der Waals surface area contributed by atoms with Gasteiger partial charge in [0.2, 0.25) is 0 Å². The molecule has 0 amide bonds. The number of aromatic nitrogens is 2. The Morgan fingerprint density at radius 1 is 1.19 bits per heavy atom. The average Bonchev–Trinajstić information content (AvgIpc) is 2.81. The van der Waals surface area contributed by atoms with Crippen LogP contribution in [-0.4, -0.2) is 22.0 Å². The highest BCUT2D eigenvalue weighted by atomic mass is 19.4. The molecule has 0 bridgehead atoms. The fourth-order valence-corrected chi connectivity index (χ4v) is 2.88. The maximum Gasteiger partial charge on any atom is 0.573 e. The van der Waals surface area contributed by atoms with Crippen molar-refractivity contribution in [1.29, 1.82) is 0 Å². The van der Waals surface area contributed by atoms with E-state index in [-0.39, 0.29) is 11.8 Å². The Kier molecular flexibility index (Phi) is 3.52. The fourth-order valence-electron chi connectivity index (χ4n) is 2.88. The van der Waals surface area contributed by atoms with E-state index < -0.39 is 6.36 Å². The monoisotopic (exact) mass is 299 g/mol. The number of fused-ring (bicyclic) bond motifs is 1. The number of hydrogen-bond donors (Lipinski definition) is 1. The first-order valence-electron chi connectivity index (χ1n) is 6.90. The van der Waals surface area contributed by atoms with Crippen LogP contribution in [0.2, 0.25) is 0 Å². The second-order valence-electron chi connectivity index (χ2n) is 5.42. The lowest BCUT2D eigenvalue weighted by Crippen LogP contribution is -2.27. The summed E-state index contributed by atoms with van der Waals surface area (Å²) in [5.41, 5.74) is 7.22. The smallest absolute Gasteiger partial charge is 0.406 e. The third kappa shape index (κ3) is 3.12. The fraction of sp³-hybridized carbons (Fsp3) is 0.500. The molecule has 0 atom stereocenters. The van der Waals surface area contributed by atoms with Gasteiger partial charge in [-0.2, -0.15) is 0 Å². The average molecular weight is 299 g/mol. The highest BCUT2D eigenvalue weighted by molar-refractivity contribution is 5.77. The Morgan fingerprint density at radius 2 is 1.90 bits per heavy atom. The molecular formula is C14H16F3N3O. The summed E-state index contributed by atoms with van der Waals surface area (Å²) in [6.07, 6.45) is 0.847. The van der Waals surface area contributed by atoms with E-state index in [4.69, 9.17) is 5.73 Å². The largest absolute Gasteiger partial charge is 0.573 e. The van der Waals surface area contributed by atoms with Crippen molar-refractivity contribution in [3.63, 3.8) is 0 Å². The summed E-state index contributed by atoms with van der Waals surface area (Å²) in [5.74, 6) is -0.245. The first-order chi connectivity index (χ1) is 9.92. The van der Waals surface area contributed by atoms with E-state index in [1.807, 2.05) is 4.57 Å². The van der Waals surface area contributed by atoms with Gasteiger partial charge < -0.3 is 15.0 Å². The minimum absolute atomic E-state index is 0.245. The quantitative estimate of drug-likeness (QED) is 0.925. The molecular weight excluding hydrogens is 283 g/mol. The molecule has 0 unspecified atom stereocenters. The van der Waals surface area contributed by atoms with Gasteiger partial charge in [-0.25, -0.2) is 4.98 Å². The molecule has 2 aromatic rings. The van der Waals surface area contributed by atoms with Crippen molar-refractivity contribution >= 4 is 11.0 Å². The maximum atomic E-state index is 12.2. The summed E-state index contributed by atoms with van der Waals surface area (Å²) < 4.78 is 42.6. The van der Waals surface area contributed by atoms with Gasteiger partial charge in [-0.1, -0.05) is 0 Å². The lowest BCUT2D eigenvalue weighted by molar-refractivity contribution is -0.274. The number of hydrogen-bond acceptors (Lipinski definition) is 3. The molecule has 114 valence electrons. The molecule has 4 nitrogen and oxygen atoms in total. The molecule has 0 spiro atoms. The molecule has 21 heavy (non-hydrogen) atoms. The number of nitrogens with zero attached hydrogens (tertiary/aromatic N) is 2. The van der Waals surface area contributed by atoms with Crippen LogP contribution < -0.4 is 10.5 Å². The van der Waals surface area contributed by atoms with Crippen LogP contribution in [-0.2, 0) is 0 Å². The van der Waals surface area contributed by atoms with Crippen LogP contribution in [0.15, 0.2) is 24.5 Å². The Hall–Kier alpha value is -1.76. The van der Waals surface area contributed by atoms with Crippen molar-refractivity contribution in [2.75, 3.05) is 0 Å². The molecule has 0 saturated heterocycles. The van der Waals surface area contributed by atoms with E-state index in [1.165, 1.54) is 12.1 Å². The van der Waals surface area contributed by atoms with Gasteiger partial charge in [-0.05, 0) is 37.8 Å². The van der Waals surface area contributed by atoms with Crippen molar-refractivity contribution < 1.29 is 17.9 Å². The summed E-state index contributed by atoms with van der Waals surface area (Å²) in [6.45, 7) is 0. The lowest BCUT2D eigenvalue weighted by atomic mass is 9.91. The molecule has 1 heterocycles. The third-order valence-electron chi connectivity index (χ3n) is 3.91. The second-order valence-corrected chi connectivity index (χ2v) is 5.42. The molecule has 0 radical (unpaired) electrons. The highest BCUT2D eigenvalue weighted by Gasteiger charge is 2.31. The van der Waals surface area contributed by atoms with E-state index in [9.17, 15) is 13.2 Å². The molecule has 7 heteroatoms. The number of benzene rings is 1. The van der Waals surface area contributed by atoms with Crippen LogP contribution in [0.5, 0.6) is 5.75 Å². The van der Waals surface area contributed by atoms with Gasteiger partial charge in [-0.3, -0.25) is 0 Å². The summed E-state index contributed by atoms with van der Waals surface area (Å²) in [5, 5.41) is 0. The van der Waals surface area contributed by atoms with Gasteiger partial charge in [0.05, 0.1) is 17.4 Å². The molecule has 1 aromatic heterocycles. The Balaban J connectivity index is 1.86. The molecule has 1 aliphatic carbocycles. The first kappa shape index (κ1) is 14.2. The SMILES string of the molecule is NC1CCC(n2cnc3cc(OC(F)(F)F)ccc32)CC1. The van der Waals surface area contributed by atoms with Crippen molar-refractivity contribution in [3.8, 4) is 5.75 Å². The topological polar surface area (TPSA) is 53.1 Å². The molecule has 0 aliphatic heterocycles. The standard InChI is InChI=1S/C14H16F3N3O/c15-14(16,17)21-11-5-6-13-12(7-11)19-8-20(13)10-3-1-9(18)2-4-10/h5-10H,1-4,18H2. The van der Waals surface area contributed by atoms with E-state index in [2.05, 4.69) is 9.72 Å². The third-order valence-corrected chi connectivity index (χ3v) is 3.91. The highest BCUT2D eigenvalue weighted by Crippen LogP contribution is 2.32. The van der Waals surface area contributed by atoms with Gasteiger partial charge in [0.1, 0.15) is 5.75 Å². The zero-order chi connectivity index (χ0) is 15.0. The zero-order valence-corrected chi connectivity index (χ0v) is 11.3. The van der Waals surface area contributed by atoms with Crippen LogP contribution in [0.4, 0.5) is 13.2 Å². The number of alkyl halides is 3. The number of ether oxygens (including phenoxy) is 1. The van der Waals surface area contributed by atoms with Crippen molar-refractivity contribution in [1.82, 2.24) is 9.55 Å². The molecule has 1 fully saturated rings. The minimum atomic E-state index is -4.68. The first-order valence-corrected chi connectivity index (χ1v) is 6.90. The van der Waals surface area contributed by atoms with Gasteiger partial charge >= 0.3 is 6.36 Å². The van der Waals surface area contributed by atoms with Gasteiger partial charge in [0.15, 0.2) is 0 Å². The van der Waals surface area contributed by atoms with E-state index in [1.54, 1.807) is 12.4 Å². The van der Waals surface area contributed by atoms with Gasteiger partial charge in [0, 0.05) is 18.2 Å². The van der Waals surface area contributed by atoms with Gasteiger partial charge in [0.25, 0.3) is 0 Å². The van der Waals surface area contributed by atoms with Crippen LogP contribution >= 0.6 is 0 Å². The Bertz CT molecular complexity index is 630. The minimum Gasteiger partial charge on any atom is -0.406 e. The van der Waals surface area contributed by atoms with E-state index in [0.717, 1.165) is 31.2 Å². The zero-order valence-electron chi connectivity index (χ0n) is 11.3. The molecule has 1 aliphatic rings. The Labute approximate surface area is 119 Å². The molecule has 3 rings (SSSR count). The van der Waals surface area contributed by atoms with Crippen LogP contribution in [0.25, 0.3) is 11.0 Å². The van der Waals surface area contributed by atoms with Crippen molar-refractivity contribution in [2.24, 2.45) is 5.73 Å². The summed E-state index contributed by atoms with van der Waals surface area (Å²) >= 11 is 0. The molecule has 1 saturated carbocycles.